The smallest absolute Gasteiger partial charge is 0.178 e. The van der Waals surface area contributed by atoms with Crippen molar-refractivity contribution >= 4 is 15.5 Å². The van der Waals surface area contributed by atoms with Gasteiger partial charge in [-0.1, -0.05) is 38.5 Å². The van der Waals surface area contributed by atoms with Gasteiger partial charge in [0.2, 0.25) is 0 Å². The zero-order valence-electron chi connectivity index (χ0n) is 21.3. The number of sulfone groups is 1. The second-order valence-electron chi connectivity index (χ2n) is 9.33. The van der Waals surface area contributed by atoms with Gasteiger partial charge in [-0.3, -0.25) is 9.89 Å². The highest BCUT2D eigenvalue weighted by Gasteiger charge is 2.16. The Morgan fingerprint density at radius 2 is 1.69 bits per heavy atom. The minimum Gasteiger partial charge on any atom is -0.348 e. The summed E-state index contributed by atoms with van der Waals surface area (Å²) in [5, 5.41) is 0. The molecular weight excluding hydrogens is 458 g/mol. The van der Waals surface area contributed by atoms with Gasteiger partial charge in [0.05, 0.1) is 17.2 Å². The van der Waals surface area contributed by atoms with Crippen molar-refractivity contribution in [2.24, 2.45) is 4.99 Å². The Kier molecular flexibility index (Phi) is 11.2. The van der Waals surface area contributed by atoms with Crippen molar-refractivity contribution in [2.75, 3.05) is 31.9 Å². The van der Waals surface area contributed by atoms with E-state index in [1.165, 1.54) is 0 Å². The fourth-order valence-electron chi connectivity index (χ4n) is 4.48. The third-order valence-corrected chi connectivity index (χ3v) is 8.02. The number of aliphatic imine (C=N–C) groups is 1. The lowest BCUT2D eigenvalue weighted by Gasteiger charge is -2.21. The van der Waals surface area contributed by atoms with Gasteiger partial charge in [-0.15, -0.1) is 0 Å². The molecule has 1 aromatic heterocycles. The summed E-state index contributed by atoms with van der Waals surface area (Å²) >= 11 is 0. The highest BCUT2D eigenvalue weighted by molar-refractivity contribution is 7.91. The molecule has 3 rings (SSSR count). The van der Waals surface area contributed by atoms with Crippen molar-refractivity contribution in [1.29, 1.82) is 0 Å². The molecule has 0 radical (unpaired) electrons. The molecule has 0 saturated heterocycles. The van der Waals surface area contributed by atoms with Crippen LogP contribution in [0, 0.1) is 0 Å². The number of nitrogens with zero attached hydrogens (tertiary/aromatic N) is 4. The Hall–Kier alpha value is -2.29. The fourth-order valence-corrected chi connectivity index (χ4v) is 5.85. The molecule has 2 aromatic rings. The lowest BCUT2D eigenvalue weighted by atomic mass is 10.2. The van der Waals surface area contributed by atoms with Crippen molar-refractivity contribution in [3.8, 4) is 0 Å². The molecule has 192 valence electrons. The zero-order valence-corrected chi connectivity index (χ0v) is 22.1. The summed E-state index contributed by atoms with van der Waals surface area (Å²) in [6, 6.07) is 7.39. The molecule has 1 N–H and O–H groups in total. The van der Waals surface area contributed by atoms with Gasteiger partial charge < -0.3 is 9.88 Å². The first-order valence-electron chi connectivity index (χ1n) is 13.0. The number of hydrogen-bond donors (Lipinski definition) is 1. The monoisotopic (exact) mass is 499 g/mol. The van der Waals surface area contributed by atoms with Crippen LogP contribution in [0.2, 0.25) is 0 Å². The highest BCUT2D eigenvalue weighted by Crippen LogP contribution is 2.17. The largest absolute Gasteiger partial charge is 0.348 e. The van der Waals surface area contributed by atoms with E-state index in [4.69, 9.17) is 0 Å². The maximum atomic E-state index is 12.9. The lowest BCUT2D eigenvalue weighted by Crippen LogP contribution is -2.29. The van der Waals surface area contributed by atoms with Gasteiger partial charge in [-0.05, 0) is 63.0 Å². The van der Waals surface area contributed by atoms with Crippen LogP contribution in [-0.4, -0.2) is 65.8 Å². The average Bonchev–Trinajstić information content (AvgIpc) is 3.54. The number of aromatic amines is 1. The molecule has 0 amide bonds. The predicted molar refractivity (Wildman–Crippen MR) is 143 cm³/mol. The number of benzene rings is 1. The molecule has 8 heteroatoms. The van der Waals surface area contributed by atoms with E-state index in [1.54, 1.807) is 18.3 Å². The molecule has 0 unspecified atom stereocenters. The number of rotatable bonds is 17. The molecule has 1 aromatic carbocycles. The van der Waals surface area contributed by atoms with Gasteiger partial charge in [0.15, 0.2) is 9.84 Å². The Bertz CT molecular complexity index is 1020. The number of imidazole rings is 1. The number of hydrogen-bond acceptors (Lipinski definition) is 6. The Morgan fingerprint density at radius 3 is 2.31 bits per heavy atom. The quantitative estimate of drug-likeness (QED) is 0.315. The molecule has 1 aliphatic heterocycles. The summed E-state index contributed by atoms with van der Waals surface area (Å²) in [5.41, 5.74) is 2.21. The van der Waals surface area contributed by atoms with Crippen LogP contribution in [0.1, 0.15) is 63.8 Å². The summed E-state index contributed by atoms with van der Waals surface area (Å²) in [6.07, 6.45) is 13.4. The first-order chi connectivity index (χ1) is 17.0. The van der Waals surface area contributed by atoms with E-state index in [-0.39, 0.29) is 5.75 Å². The maximum absolute atomic E-state index is 12.9. The molecule has 0 bridgehead atoms. The van der Waals surface area contributed by atoms with Gasteiger partial charge >= 0.3 is 0 Å². The minimum atomic E-state index is -3.26. The number of H-pyrrole nitrogens is 1. The van der Waals surface area contributed by atoms with Crippen LogP contribution in [0.4, 0.5) is 0 Å². The van der Waals surface area contributed by atoms with Crippen molar-refractivity contribution in [1.82, 2.24) is 19.8 Å². The summed E-state index contributed by atoms with van der Waals surface area (Å²) in [6.45, 7) is 9.87. The molecular formula is C27H41N5O2S. The second-order valence-corrected chi connectivity index (χ2v) is 11.4. The van der Waals surface area contributed by atoms with E-state index in [9.17, 15) is 8.42 Å². The van der Waals surface area contributed by atoms with Gasteiger partial charge in [0.1, 0.15) is 5.82 Å². The van der Waals surface area contributed by atoms with E-state index in [0.29, 0.717) is 24.4 Å². The predicted octanol–water partition coefficient (Wildman–Crippen LogP) is 4.84. The first-order valence-corrected chi connectivity index (χ1v) is 14.6. The van der Waals surface area contributed by atoms with Crippen LogP contribution < -0.4 is 0 Å². The van der Waals surface area contributed by atoms with Gasteiger partial charge in [-0.25, -0.2) is 13.4 Å². The molecule has 2 heterocycles. The topological polar surface area (TPSA) is 81.7 Å². The van der Waals surface area contributed by atoms with Crippen molar-refractivity contribution in [2.45, 2.75) is 70.4 Å². The van der Waals surface area contributed by atoms with E-state index < -0.39 is 9.84 Å². The Balaban J connectivity index is 1.50. The molecule has 35 heavy (non-hydrogen) atoms. The molecule has 0 spiro atoms. The summed E-state index contributed by atoms with van der Waals surface area (Å²) in [5.74, 6) is 1.12. The Labute approximate surface area is 211 Å². The van der Waals surface area contributed by atoms with Crippen LogP contribution in [-0.2, 0) is 22.9 Å². The third kappa shape index (κ3) is 9.35. The second kappa shape index (κ2) is 14.3. The van der Waals surface area contributed by atoms with E-state index in [2.05, 4.69) is 44.7 Å². The molecule has 0 atom stereocenters. The average molecular weight is 500 g/mol. The molecule has 0 fully saturated rings. The van der Waals surface area contributed by atoms with E-state index in [1.807, 2.05) is 24.5 Å². The molecule has 1 aliphatic rings. The van der Waals surface area contributed by atoms with Gasteiger partial charge in [0, 0.05) is 43.8 Å². The standard InChI is InChI=1S/C27H41N5O2S/c1-3-17-31(18-4-2)19-6-5-7-20-35(33,34)26-12-10-24(11-13-26)21-32(22-25-9-8-14-28-25)23-27-29-15-16-30-27/h8,10-16H,3-7,9,17-23H2,1-2H3,(H,29,30). The molecule has 0 aliphatic carbocycles. The van der Waals surface area contributed by atoms with Crippen LogP contribution in [0.3, 0.4) is 0 Å². The van der Waals surface area contributed by atoms with Crippen molar-refractivity contribution in [3.63, 3.8) is 0 Å². The van der Waals surface area contributed by atoms with Crippen molar-refractivity contribution < 1.29 is 8.42 Å². The summed E-state index contributed by atoms with van der Waals surface area (Å²) in [4.78, 5) is 17.1. The van der Waals surface area contributed by atoms with E-state index >= 15 is 0 Å². The Morgan fingerprint density at radius 1 is 0.914 bits per heavy atom. The lowest BCUT2D eigenvalue weighted by molar-refractivity contribution is 0.269. The van der Waals surface area contributed by atoms with Crippen LogP contribution in [0.15, 0.2) is 58.8 Å². The van der Waals surface area contributed by atoms with Gasteiger partial charge in [0.25, 0.3) is 0 Å². The van der Waals surface area contributed by atoms with Crippen molar-refractivity contribution in [3.05, 3.63) is 60.3 Å². The number of allylic oxidation sites excluding steroid dienone is 1. The number of unbranched alkanes of at least 4 members (excludes halogenated alkanes) is 2. The zero-order chi connectivity index (χ0) is 24.9. The normalized spacial score (nSPS) is 13.8. The summed E-state index contributed by atoms with van der Waals surface area (Å²) in [7, 11) is -3.26. The molecule has 7 nitrogen and oxygen atoms in total. The van der Waals surface area contributed by atoms with E-state index in [0.717, 1.165) is 75.4 Å². The maximum Gasteiger partial charge on any atom is 0.178 e. The summed E-state index contributed by atoms with van der Waals surface area (Å²) < 4.78 is 25.7. The highest BCUT2D eigenvalue weighted by atomic mass is 32.2. The first kappa shape index (κ1) is 27.3. The van der Waals surface area contributed by atoms with Gasteiger partial charge in [-0.2, -0.15) is 0 Å². The SMILES string of the molecule is CCCN(CCC)CCCCCS(=O)(=O)c1ccc(CN(CC2=NC=CC2)Cc2ncc[nH]2)cc1. The fraction of sp³-hybridized carbons (Fsp3) is 0.556. The third-order valence-electron chi connectivity index (χ3n) is 6.21. The van der Waals surface area contributed by atoms with Crippen LogP contribution in [0.5, 0.6) is 0 Å². The number of aromatic nitrogens is 2. The molecule has 0 saturated carbocycles. The van der Waals surface area contributed by atoms with Crippen LogP contribution in [0.25, 0.3) is 0 Å². The minimum absolute atomic E-state index is 0.214. The number of nitrogens with one attached hydrogen (secondary N) is 1. The van der Waals surface area contributed by atoms with Crippen LogP contribution >= 0.6 is 0 Å².